The molecule has 0 radical (unpaired) electrons. The minimum Gasteiger partial charge on any atom is -0.490 e. The zero-order chi connectivity index (χ0) is 33.8. The molecule has 256 valence electrons. The number of rotatable bonds is 11. The van der Waals surface area contributed by atoms with Gasteiger partial charge < -0.3 is 38.8 Å². The summed E-state index contributed by atoms with van der Waals surface area (Å²) in [5.41, 5.74) is 4.56. The topological polar surface area (TPSA) is 145 Å². The molecular formula is C35H42N4O8S. The Kier molecular flexibility index (Phi) is 10.4. The van der Waals surface area contributed by atoms with E-state index in [9.17, 15) is 14.7 Å². The van der Waals surface area contributed by atoms with E-state index in [2.05, 4.69) is 21.4 Å². The predicted molar refractivity (Wildman–Crippen MR) is 176 cm³/mol. The number of likely N-dealkylation sites (tertiary alicyclic amines) is 1. The molecule has 1 spiro atoms. The Morgan fingerprint density at radius 1 is 1.23 bits per heavy atom. The van der Waals surface area contributed by atoms with Gasteiger partial charge in [0.05, 0.1) is 41.5 Å². The molecule has 1 saturated carbocycles. The minimum atomic E-state index is -0.863. The number of aryl methyl sites for hydroxylation is 1. The zero-order valence-electron chi connectivity index (χ0n) is 27.5. The van der Waals surface area contributed by atoms with Crippen LogP contribution >= 0.6 is 11.3 Å². The monoisotopic (exact) mass is 678 g/mol. The third-order valence-corrected chi connectivity index (χ3v) is 10.2. The first-order valence-electron chi connectivity index (χ1n) is 16.4. The van der Waals surface area contributed by atoms with E-state index in [-0.39, 0.29) is 55.8 Å². The van der Waals surface area contributed by atoms with Crippen LogP contribution in [0.1, 0.15) is 68.9 Å². The number of aliphatic hydroxyl groups excluding tert-OH is 1. The molecule has 3 fully saturated rings. The van der Waals surface area contributed by atoms with Crippen molar-refractivity contribution in [3.8, 4) is 34.4 Å². The fourth-order valence-electron chi connectivity index (χ4n) is 6.77. The molecule has 0 bridgehead atoms. The highest BCUT2D eigenvalue weighted by Crippen LogP contribution is 2.39. The number of carbonyl (C=O) groups is 2. The van der Waals surface area contributed by atoms with Gasteiger partial charge in [-0.2, -0.15) is 0 Å². The van der Waals surface area contributed by atoms with Crippen LogP contribution in [0.25, 0.3) is 10.4 Å². The van der Waals surface area contributed by atoms with E-state index in [0.29, 0.717) is 24.7 Å². The van der Waals surface area contributed by atoms with Gasteiger partial charge in [0.25, 0.3) is 5.88 Å². The van der Waals surface area contributed by atoms with Gasteiger partial charge in [0.1, 0.15) is 17.7 Å². The highest BCUT2D eigenvalue weighted by molar-refractivity contribution is 7.13. The largest absolute Gasteiger partial charge is 0.490 e. The molecule has 13 heteroatoms. The number of aliphatic hydroxyl groups is 1. The van der Waals surface area contributed by atoms with Crippen LogP contribution in [0.4, 0.5) is 0 Å². The maximum Gasteiger partial charge on any atom is 0.255 e. The van der Waals surface area contributed by atoms with Crippen LogP contribution in [0.3, 0.4) is 0 Å². The maximum absolute atomic E-state index is 13.9. The van der Waals surface area contributed by atoms with Gasteiger partial charge in [-0.05, 0) is 42.5 Å². The van der Waals surface area contributed by atoms with E-state index in [4.69, 9.17) is 29.9 Å². The summed E-state index contributed by atoms with van der Waals surface area (Å²) >= 11 is 1.57. The predicted octanol–water partition coefficient (Wildman–Crippen LogP) is 4.20. The number of ether oxygens (including phenoxy) is 4. The standard InChI is InChI=1S/C35H42N4O8S/c1-5-12-43-30-17-29(47-38-30)31(21(2)3)34(42)39-19-25(40)16-27(39)33(41)36-18-24-7-6-23(32-22(4)37-20-48-32)15-28(24)46-26-8-10-35(11-9-26)44-13-14-45-35/h1,6-7,15,17,20-21,25-27,31,40H,8-14,16,18-19H2,2-4H3,(H,36,41). The van der Waals surface area contributed by atoms with Crippen LogP contribution < -0.4 is 14.8 Å². The average Bonchev–Trinajstić information content (AvgIpc) is 3.89. The zero-order valence-corrected chi connectivity index (χ0v) is 28.3. The number of hydrogen-bond acceptors (Lipinski definition) is 11. The third kappa shape index (κ3) is 7.37. The number of nitrogens with one attached hydrogen (secondary N) is 1. The van der Waals surface area contributed by atoms with E-state index in [1.54, 1.807) is 17.4 Å². The smallest absolute Gasteiger partial charge is 0.255 e. The molecule has 2 N–H and O–H groups in total. The van der Waals surface area contributed by atoms with Crippen LogP contribution in [-0.2, 0) is 25.6 Å². The summed E-state index contributed by atoms with van der Waals surface area (Å²) in [6.07, 6.45) is 7.60. The van der Waals surface area contributed by atoms with Crippen LogP contribution in [-0.4, -0.2) is 82.4 Å². The molecule has 48 heavy (non-hydrogen) atoms. The van der Waals surface area contributed by atoms with Crippen molar-refractivity contribution in [2.24, 2.45) is 5.92 Å². The Morgan fingerprint density at radius 3 is 2.69 bits per heavy atom. The fraction of sp³-hybridized carbons (Fsp3) is 0.543. The van der Waals surface area contributed by atoms with Crippen molar-refractivity contribution in [2.75, 3.05) is 26.4 Å². The molecule has 3 aromatic rings. The van der Waals surface area contributed by atoms with Crippen molar-refractivity contribution >= 4 is 23.2 Å². The van der Waals surface area contributed by atoms with E-state index >= 15 is 0 Å². The van der Waals surface area contributed by atoms with E-state index in [0.717, 1.165) is 47.4 Å². The van der Waals surface area contributed by atoms with Gasteiger partial charge in [-0.25, -0.2) is 4.98 Å². The van der Waals surface area contributed by atoms with Gasteiger partial charge in [-0.1, -0.05) is 31.9 Å². The molecule has 3 atom stereocenters. The molecule has 6 rings (SSSR count). The first-order chi connectivity index (χ1) is 23.2. The summed E-state index contributed by atoms with van der Waals surface area (Å²) in [5, 5.41) is 17.5. The number of aromatic nitrogens is 2. The maximum atomic E-state index is 13.9. The van der Waals surface area contributed by atoms with Crippen LogP contribution in [0.15, 0.2) is 34.3 Å². The summed E-state index contributed by atoms with van der Waals surface area (Å²) in [6.45, 7) is 7.20. The molecule has 3 aliphatic rings. The average molecular weight is 679 g/mol. The van der Waals surface area contributed by atoms with Crippen molar-refractivity contribution in [1.29, 1.82) is 0 Å². The molecule has 2 saturated heterocycles. The molecule has 3 unspecified atom stereocenters. The number of terminal acetylenes is 1. The third-order valence-electron chi connectivity index (χ3n) is 9.24. The summed E-state index contributed by atoms with van der Waals surface area (Å²) < 4.78 is 29.2. The SMILES string of the molecule is C#CCOc1cc(C(C(=O)N2CC(O)CC2C(=O)NCc2ccc(-c3scnc3C)cc2OC2CCC3(CC2)OCCO3)C(C)C)on1. The summed E-state index contributed by atoms with van der Waals surface area (Å²) in [4.78, 5) is 34.5. The number of β-amino-alcohol motifs (C(OH)–C–C–N with tert-alkyl or cyclic N) is 1. The lowest BCUT2D eigenvalue weighted by atomic mass is 9.91. The number of carbonyl (C=O) groups excluding carboxylic acids is 2. The fourth-order valence-corrected chi connectivity index (χ4v) is 7.57. The lowest BCUT2D eigenvalue weighted by molar-refractivity contribution is -0.186. The van der Waals surface area contributed by atoms with Crippen LogP contribution in [0.5, 0.6) is 11.6 Å². The number of amides is 2. The molecular weight excluding hydrogens is 636 g/mol. The van der Waals surface area contributed by atoms with Gasteiger partial charge in [0.15, 0.2) is 18.2 Å². The molecule has 4 heterocycles. The van der Waals surface area contributed by atoms with Gasteiger partial charge in [-0.15, -0.1) is 17.8 Å². The molecule has 2 aliphatic heterocycles. The van der Waals surface area contributed by atoms with E-state index in [1.165, 1.54) is 4.90 Å². The second kappa shape index (κ2) is 14.7. The van der Waals surface area contributed by atoms with Crippen molar-refractivity contribution < 1.29 is 38.2 Å². The molecule has 12 nitrogen and oxygen atoms in total. The molecule has 2 aromatic heterocycles. The van der Waals surface area contributed by atoms with Crippen molar-refractivity contribution in [2.45, 2.75) is 89.4 Å². The molecule has 1 aliphatic carbocycles. The minimum absolute atomic E-state index is 0.0124. The lowest BCUT2D eigenvalue weighted by Gasteiger charge is -2.35. The Bertz CT molecular complexity index is 1630. The Balaban J connectivity index is 1.17. The molecule has 1 aromatic carbocycles. The first-order valence-corrected chi connectivity index (χ1v) is 17.3. The van der Waals surface area contributed by atoms with Gasteiger partial charge >= 0.3 is 0 Å². The number of benzene rings is 1. The van der Waals surface area contributed by atoms with Crippen molar-refractivity contribution in [1.82, 2.24) is 20.4 Å². The Hall–Kier alpha value is -3.96. The Morgan fingerprint density at radius 2 is 2.00 bits per heavy atom. The normalized spacial score (nSPS) is 21.4. The highest BCUT2D eigenvalue weighted by Gasteiger charge is 2.44. The Labute approximate surface area is 284 Å². The highest BCUT2D eigenvalue weighted by atomic mass is 32.1. The van der Waals surface area contributed by atoms with Gasteiger partial charge in [-0.3, -0.25) is 9.59 Å². The summed E-state index contributed by atoms with van der Waals surface area (Å²) in [7, 11) is 0. The number of hydrogen-bond donors (Lipinski definition) is 2. The summed E-state index contributed by atoms with van der Waals surface area (Å²) in [5.74, 6) is 1.43. The van der Waals surface area contributed by atoms with E-state index in [1.807, 2.05) is 44.5 Å². The second-order valence-corrected chi connectivity index (χ2v) is 13.8. The van der Waals surface area contributed by atoms with Crippen LogP contribution in [0, 0.1) is 25.2 Å². The quantitative estimate of drug-likeness (QED) is 0.283. The first kappa shape index (κ1) is 33.9. The van der Waals surface area contributed by atoms with Gasteiger partial charge in [0, 0.05) is 44.0 Å². The van der Waals surface area contributed by atoms with Crippen molar-refractivity contribution in [3.63, 3.8) is 0 Å². The lowest BCUT2D eigenvalue weighted by Crippen LogP contribution is -2.48. The summed E-state index contributed by atoms with van der Waals surface area (Å²) in [6, 6.07) is 6.66. The van der Waals surface area contributed by atoms with Crippen LogP contribution in [0.2, 0.25) is 0 Å². The van der Waals surface area contributed by atoms with E-state index < -0.39 is 23.9 Å². The second-order valence-electron chi connectivity index (χ2n) is 12.9. The molecule has 2 amide bonds. The number of thiazole rings is 1. The van der Waals surface area contributed by atoms with Crippen molar-refractivity contribution in [3.05, 3.63) is 46.8 Å². The van der Waals surface area contributed by atoms with Gasteiger partial charge in [0.2, 0.25) is 11.8 Å². The number of nitrogens with zero attached hydrogens (tertiary/aromatic N) is 3.